The van der Waals surface area contributed by atoms with Crippen molar-refractivity contribution in [2.24, 2.45) is 0 Å². The summed E-state index contributed by atoms with van der Waals surface area (Å²) in [5.41, 5.74) is -2.29. The Labute approximate surface area is 212 Å². The summed E-state index contributed by atoms with van der Waals surface area (Å²) >= 11 is 5.14. The van der Waals surface area contributed by atoms with Crippen molar-refractivity contribution in [1.82, 2.24) is 14.6 Å². The number of hydrogen-bond donors (Lipinski definition) is 4. The fourth-order valence-corrected chi connectivity index (χ4v) is 5.25. The third kappa shape index (κ3) is 6.68. The summed E-state index contributed by atoms with van der Waals surface area (Å²) in [6, 6.07) is 8.29. The number of esters is 1. The molecule has 0 bridgehead atoms. The molecule has 2 aromatic rings. The Morgan fingerprint density at radius 2 is 1.97 bits per heavy atom. The molecule has 1 aliphatic rings. The van der Waals surface area contributed by atoms with E-state index in [4.69, 9.17) is 30.7 Å². The lowest BCUT2D eigenvalue weighted by Gasteiger charge is -2.28. The molecule has 1 aromatic carbocycles. The molecular weight excluding hydrogens is 513 g/mol. The van der Waals surface area contributed by atoms with E-state index in [0.717, 1.165) is 0 Å². The second-order valence-electron chi connectivity index (χ2n) is 8.75. The zero-order valence-electron chi connectivity index (χ0n) is 20.2. The van der Waals surface area contributed by atoms with Crippen molar-refractivity contribution < 1.29 is 38.1 Å². The first kappa shape index (κ1) is 28.2. The van der Waals surface area contributed by atoms with Gasteiger partial charge in [0.15, 0.2) is 11.0 Å². The maximum absolute atomic E-state index is 13.6. The van der Waals surface area contributed by atoms with E-state index in [2.05, 4.69) is 10.1 Å². The van der Waals surface area contributed by atoms with Crippen LogP contribution in [-0.4, -0.2) is 62.3 Å². The average Bonchev–Trinajstić information content (AvgIpc) is 3.01. The lowest BCUT2D eigenvalue weighted by Crippen LogP contribution is -2.45. The lowest BCUT2D eigenvalue weighted by molar-refractivity contribution is -0.149. The van der Waals surface area contributed by atoms with Gasteiger partial charge < -0.3 is 24.2 Å². The van der Waals surface area contributed by atoms with Crippen LogP contribution in [-0.2, 0) is 23.4 Å². The Morgan fingerprint density at radius 1 is 1.31 bits per heavy atom. The Bertz CT molecular complexity index is 1220. The monoisotopic (exact) mass is 543 g/mol. The lowest BCUT2D eigenvalue weighted by atomic mass is 9.96. The number of aliphatic hydroxyl groups excluding tert-OH is 1. The largest absolute Gasteiger partial charge is 0.462 e. The number of aliphatic hydroxyl groups is 2. The first-order chi connectivity index (χ1) is 16.8. The van der Waals surface area contributed by atoms with E-state index in [0.29, 0.717) is 0 Å². The van der Waals surface area contributed by atoms with Gasteiger partial charge in [-0.05, 0) is 52.0 Å². The second kappa shape index (κ2) is 11.3. The van der Waals surface area contributed by atoms with Crippen molar-refractivity contribution in [3.63, 3.8) is 0 Å². The van der Waals surface area contributed by atoms with E-state index >= 15 is 0 Å². The minimum absolute atomic E-state index is 0.0289. The number of rotatable bonds is 10. The highest BCUT2D eigenvalue weighted by molar-refractivity contribution is 7.71. The van der Waals surface area contributed by atoms with Crippen LogP contribution in [0.25, 0.3) is 0 Å². The maximum atomic E-state index is 13.6. The number of carbonyl (C=O) groups excluding carboxylic acids is 1. The topological polar surface area (TPSA) is 161 Å². The minimum atomic E-state index is -4.22. The predicted molar refractivity (Wildman–Crippen MR) is 131 cm³/mol. The van der Waals surface area contributed by atoms with Crippen LogP contribution in [0.4, 0.5) is 0 Å². The maximum Gasteiger partial charge on any atom is 0.459 e. The Hall–Kier alpha value is -2.38. The van der Waals surface area contributed by atoms with E-state index in [1.54, 1.807) is 44.2 Å². The van der Waals surface area contributed by atoms with Crippen LogP contribution >= 0.6 is 20.0 Å². The molecule has 1 saturated heterocycles. The van der Waals surface area contributed by atoms with Gasteiger partial charge in [0.05, 0.1) is 12.7 Å². The van der Waals surface area contributed by atoms with Gasteiger partial charge in [-0.15, -0.1) is 0 Å². The normalized spacial score (nSPS) is 26.4. The molecule has 1 fully saturated rings. The summed E-state index contributed by atoms with van der Waals surface area (Å²) in [6.07, 6.45) is -2.93. The van der Waals surface area contributed by atoms with Crippen LogP contribution in [0.15, 0.2) is 47.4 Å². The van der Waals surface area contributed by atoms with Crippen molar-refractivity contribution in [2.45, 2.75) is 63.9 Å². The average molecular weight is 544 g/mol. The Balaban J connectivity index is 1.80. The van der Waals surface area contributed by atoms with Gasteiger partial charge in [0.25, 0.3) is 5.56 Å². The third-order valence-corrected chi connectivity index (χ3v) is 7.25. The van der Waals surface area contributed by atoms with Gasteiger partial charge in [0.2, 0.25) is 0 Å². The van der Waals surface area contributed by atoms with Gasteiger partial charge in [-0.3, -0.25) is 23.7 Å². The Morgan fingerprint density at radius 3 is 2.58 bits per heavy atom. The summed E-state index contributed by atoms with van der Waals surface area (Å²) in [6.45, 7) is 5.63. The van der Waals surface area contributed by atoms with Gasteiger partial charge in [-0.1, -0.05) is 18.2 Å². The van der Waals surface area contributed by atoms with Crippen LogP contribution in [0.1, 0.15) is 33.9 Å². The number of aromatic amines is 1. The number of aromatic nitrogens is 2. The standard InChI is InChI=1S/C22H30N3O9PS/c1-13(2)32-19(28)14(3)24-35(30,34-15-8-6-5-7-9-15)31-12-16-18(27)22(4,29)20(33-16)25-11-10-17(26)23-21(25)36/h5-11,13-14,16,18,20,27,29H,12H2,1-4H3,(H,24,30)(H,23,26,36)/t14-,16+,18?,20+,22+,35?/m0/s1. The number of carbonyl (C=O) groups is 1. The van der Waals surface area contributed by atoms with Gasteiger partial charge in [0, 0.05) is 12.3 Å². The van der Waals surface area contributed by atoms with Crippen LogP contribution in [0.5, 0.6) is 5.75 Å². The molecule has 36 heavy (non-hydrogen) atoms. The van der Waals surface area contributed by atoms with Crippen molar-refractivity contribution >= 4 is 25.9 Å². The number of para-hydroxylation sites is 1. The molecule has 6 atom stereocenters. The first-order valence-electron chi connectivity index (χ1n) is 11.2. The summed E-state index contributed by atoms with van der Waals surface area (Å²) in [5.74, 6) is -0.465. The molecule has 2 heterocycles. The molecule has 4 N–H and O–H groups in total. The molecule has 1 aliphatic heterocycles. The molecule has 0 spiro atoms. The van der Waals surface area contributed by atoms with E-state index in [1.807, 2.05) is 0 Å². The van der Waals surface area contributed by atoms with Crippen molar-refractivity contribution in [1.29, 1.82) is 0 Å². The van der Waals surface area contributed by atoms with Crippen LogP contribution < -0.4 is 15.2 Å². The third-order valence-electron chi connectivity index (χ3n) is 5.29. The van der Waals surface area contributed by atoms with Crippen LogP contribution in [0.2, 0.25) is 0 Å². The summed E-state index contributed by atoms with van der Waals surface area (Å²) < 4.78 is 37.0. The summed E-state index contributed by atoms with van der Waals surface area (Å²) in [5, 5.41) is 24.2. The van der Waals surface area contributed by atoms with Gasteiger partial charge in [-0.25, -0.2) is 4.57 Å². The van der Waals surface area contributed by atoms with E-state index < -0.39 is 62.1 Å². The number of benzene rings is 1. The van der Waals surface area contributed by atoms with E-state index in [1.165, 1.54) is 30.7 Å². The molecule has 3 rings (SSSR count). The number of hydrogen-bond acceptors (Lipinski definition) is 10. The minimum Gasteiger partial charge on any atom is -0.462 e. The molecule has 0 amide bonds. The highest BCUT2D eigenvalue weighted by Gasteiger charge is 2.53. The van der Waals surface area contributed by atoms with Crippen LogP contribution in [0.3, 0.4) is 0 Å². The highest BCUT2D eigenvalue weighted by atomic mass is 32.1. The van der Waals surface area contributed by atoms with Gasteiger partial charge in [-0.2, -0.15) is 5.09 Å². The van der Waals surface area contributed by atoms with Crippen LogP contribution in [0, 0.1) is 4.77 Å². The molecule has 14 heteroatoms. The smallest absolute Gasteiger partial charge is 0.459 e. The zero-order valence-corrected chi connectivity index (χ0v) is 21.9. The first-order valence-corrected chi connectivity index (χ1v) is 13.1. The predicted octanol–water partition coefficient (Wildman–Crippen LogP) is 2.05. The highest BCUT2D eigenvalue weighted by Crippen LogP contribution is 2.47. The Kier molecular flexibility index (Phi) is 8.88. The van der Waals surface area contributed by atoms with E-state index in [9.17, 15) is 24.4 Å². The molecule has 1 aromatic heterocycles. The van der Waals surface area contributed by atoms with Gasteiger partial charge >= 0.3 is 13.7 Å². The number of nitrogens with one attached hydrogen (secondary N) is 2. The molecule has 0 saturated carbocycles. The molecule has 12 nitrogen and oxygen atoms in total. The quantitative estimate of drug-likeness (QED) is 0.197. The second-order valence-corrected chi connectivity index (χ2v) is 10.8. The number of ether oxygens (including phenoxy) is 2. The molecular formula is C22H30N3O9PS. The van der Waals surface area contributed by atoms with Crippen molar-refractivity contribution in [3.8, 4) is 5.75 Å². The van der Waals surface area contributed by atoms with Gasteiger partial charge in [0.1, 0.15) is 29.6 Å². The van der Waals surface area contributed by atoms with E-state index in [-0.39, 0.29) is 10.5 Å². The number of nitrogens with zero attached hydrogens (tertiary/aromatic N) is 1. The van der Waals surface area contributed by atoms with Crippen molar-refractivity contribution in [2.75, 3.05) is 6.61 Å². The molecule has 0 aliphatic carbocycles. The molecule has 198 valence electrons. The molecule has 2 unspecified atom stereocenters. The SMILES string of the molecule is CC(C)OC(=O)[C@H](C)NP(=O)(OC[C@H]1O[C@@H](n2ccc(=O)[nH]c2=S)[C@](C)(O)C1O)Oc1ccccc1. The zero-order chi connectivity index (χ0) is 26.7. The summed E-state index contributed by atoms with van der Waals surface area (Å²) in [7, 11) is -4.22. The fraction of sp³-hybridized carbons (Fsp3) is 0.500. The number of H-pyrrole nitrogens is 1. The van der Waals surface area contributed by atoms with Crippen molar-refractivity contribution in [3.05, 3.63) is 57.7 Å². The molecule has 0 radical (unpaired) electrons. The summed E-state index contributed by atoms with van der Waals surface area (Å²) in [4.78, 5) is 26.2. The fourth-order valence-electron chi connectivity index (χ4n) is 3.50.